The molecule has 0 spiro atoms. The van der Waals surface area contributed by atoms with Crippen LogP contribution >= 0.6 is 0 Å². The van der Waals surface area contributed by atoms with Gasteiger partial charge >= 0.3 is 5.97 Å². The average Bonchev–Trinajstić information content (AvgIpc) is 2.66. The molecule has 0 aromatic carbocycles. The van der Waals surface area contributed by atoms with Crippen molar-refractivity contribution in [3.8, 4) is 0 Å². The molecular formula is C13H21N5O4. The van der Waals surface area contributed by atoms with Gasteiger partial charge in [-0.15, -0.1) is 0 Å². The van der Waals surface area contributed by atoms with Crippen LogP contribution in [0, 0.1) is 0 Å². The Hall–Kier alpha value is -1.97. The van der Waals surface area contributed by atoms with Gasteiger partial charge < -0.3 is 25.5 Å². The van der Waals surface area contributed by atoms with Crippen LogP contribution in [0.4, 0.5) is 11.6 Å². The molecule has 2 heterocycles. The fourth-order valence-electron chi connectivity index (χ4n) is 2.40. The molecule has 22 heavy (non-hydrogen) atoms. The molecule has 1 atom stereocenters. The van der Waals surface area contributed by atoms with Crippen LogP contribution in [0.5, 0.6) is 0 Å². The summed E-state index contributed by atoms with van der Waals surface area (Å²) in [5, 5.41) is 30.7. The third-order valence-electron chi connectivity index (χ3n) is 3.34. The van der Waals surface area contributed by atoms with E-state index in [1.807, 2.05) is 4.90 Å². The van der Waals surface area contributed by atoms with E-state index in [2.05, 4.69) is 15.3 Å². The molecule has 0 unspecified atom stereocenters. The largest absolute Gasteiger partial charge is 0.480 e. The van der Waals surface area contributed by atoms with E-state index in [0.29, 0.717) is 44.4 Å². The number of carboxylic acid groups (broad SMARTS) is 1. The fraction of sp³-hybridized carbons (Fsp3) is 0.615. The van der Waals surface area contributed by atoms with Crippen molar-refractivity contribution < 1.29 is 20.1 Å². The van der Waals surface area contributed by atoms with Gasteiger partial charge in [0, 0.05) is 38.8 Å². The van der Waals surface area contributed by atoms with Crippen molar-refractivity contribution in [2.75, 3.05) is 56.1 Å². The number of aliphatic hydroxyl groups is 2. The van der Waals surface area contributed by atoms with Crippen molar-refractivity contribution in [3.05, 3.63) is 12.4 Å². The molecule has 0 amide bonds. The van der Waals surface area contributed by atoms with Gasteiger partial charge in [0.25, 0.3) is 0 Å². The maximum Gasteiger partial charge on any atom is 0.317 e. The topological polar surface area (TPSA) is 122 Å². The number of hydrogen-bond donors (Lipinski definition) is 4. The molecule has 1 aromatic heterocycles. The second-order valence-corrected chi connectivity index (χ2v) is 5.14. The van der Waals surface area contributed by atoms with Crippen LogP contribution in [0.15, 0.2) is 12.4 Å². The number of carboxylic acids is 1. The summed E-state index contributed by atoms with van der Waals surface area (Å²) in [4.78, 5) is 22.7. The first-order valence-corrected chi connectivity index (χ1v) is 7.12. The van der Waals surface area contributed by atoms with Crippen molar-refractivity contribution >= 4 is 17.6 Å². The van der Waals surface area contributed by atoms with Crippen molar-refractivity contribution in [3.63, 3.8) is 0 Å². The molecule has 122 valence electrons. The summed E-state index contributed by atoms with van der Waals surface area (Å²) in [5.41, 5.74) is 0. The molecule has 4 N–H and O–H groups in total. The predicted molar refractivity (Wildman–Crippen MR) is 79.9 cm³/mol. The lowest BCUT2D eigenvalue weighted by Crippen LogP contribution is -2.36. The van der Waals surface area contributed by atoms with Gasteiger partial charge in [-0.3, -0.25) is 9.69 Å². The Morgan fingerprint density at radius 3 is 2.91 bits per heavy atom. The molecule has 1 aliphatic rings. The molecule has 0 saturated carbocycles. The predicted octanol–water partition coefficient (Wildman–Crippen LogP) is -1.55. The molecule has 1 aliphatic heterocycles. The highest BCUT2D eigenvalue weighted by Crippen LogP contribution is 2.16. The molecule has 9 heteroatoms. The highest BCUT2D eigenvalue weighted by atomic mass is 16.4. The van der Waals surface area contributed by atoms with E-state index in [1.54, 1.807) is 11.0 Å². The summed E-state index contributed by atoms with van der Waals surface area (Å²) >= 11 is 0. The minimum Gasteiger partial charge on any atom is -0.480 e. The number of hydrogen-bond acceptors (Lipinski definition) is 8. The van der Waals surface area contributed by atoms with Gasteiger partial charge in [0.1, 0.15) is 18.0 Å². The number of carbonyl (C=O) groups is 1. The normalized spacial score (nSPS) is 19.7. The Balaban J connectivity index is 2.03. The van der Waals surface area contributed by atoms with Gasteiger partial charge in [0.15, 0.2) is 0 Å². The highest BCUT2D eigenvalue weighted by molar-refractivity contribution is 5.69. The SMILES string of the molecule is O=C(O)CN1CCN(c2cc(NCCO)ncn2)C[C@@H](O)C1. The molecule has 2 rings (SSSR count). The Morgan fingerprint density at radius 2 is 2.18 bits per heavy atom. The number of nitrogens with zero attached hydrogens (tertiary/aromatic N) is 4. The zero-order chi connectivity index (χ0) is 15.9. The molecule has 1 fully saturated rings. The monoisotopic (exact) mass is 311 g/mol. The smallest absolute Gasteiger partial charge is 0.317 e. The van der Waals surface area contributed by atoms with Crippen molar-refractivity contribution in [2.24, 2.45) is 0 Å². The number of aromatic nitrogens is 2. The minimum atomic E-state index is -0.904. The highest BCUT2D eigenvalue weighted by Gasteiger charge is 2.23. The van der Waals surface area contributed by atoms with Gasteiger partial charge in [-0.2, -0.15) is 0 Å². The Labute approximate surface area is 128 Å². The minimum absolute atomic E-state index is 0.00587. The summed E-state index contributed by atoms with van der Waals surface area (Å²) < 4.78 is 0. The number of aliphatic hydroxyl groups excluding tert-OH is 2. The first-order chi connectivity index (χ1) is 10.6. The molecule has 1 aromatic rings. The summed E-state index contributed by atoms with van der Waals surface area (Å²) in [5.74, 6) is 0.352. The second kappa shape index (κ2) is 7.87. The molecule has 1 saturated heterocycles. The first-order valence-electron chi connectivity index (χ1n) is 7.12. The van der Waals surface area contributed by atoms with E-state index in [0.717, 1.165) is 0 Å². The van der Waals surface area contributed by atoms with E-state index in [-0.39, 0.29) is 13.2 Å². The lowest BCUT2D eigenvalue weighted by molar-refractivity contribution is -0.138. The maximum absolute atomic E-state index is 10.8. The maximum atomic E-state index is 10.8. The van der Waals surface area contributed by atoms with Crippen LogP contribution in [0.1, 0.15) is 0 Å². The fourth-order valence-corrected chi connectivity index (χ4v) is 2.40. The second-order valence-electron chi connectivity index (χ2n) is 5.14. The van der Waals surface area contributed by atoms with Crippen molar-refractivity contribution in [2.45, 2.75) is 6.10 Å². The Morgan fingerprint density at radius 1 is 1.36 bits per heavy atom. The van der Waals surface area contributed by atoms with Crippen LogP contribution in [-0.4, -0.2) is 88.1 Å². The van der Waals surface area contributed by atoms with E-state index >= 15 is 0 Å². The van der Waals surface area contributed by atoms with Crippen LogP contribution in [0.25, 0.3) is 0 Å². The van der Waals surface area contributed by atoms with Gasteiger partial charge in [-0.25, -0.2) is 9.97 Å². The molecule has 0 aliphatic carbocycles. The number of rotatable bonds is 6. The van der Waals surface area contributed by atoms with Crippen LogP contribution < -0.4 is 10.2 Å². The Kier molecular flexibility index (Phi) is 5.87. The molecule has 0 bridgehead atoms. The molecule has 9 nitrogen and oxygen atoms in total. The van der Waals surface area contributed by atoms with Gasteiger partial charge in [0.05, 0.1) is 19.3 Å². The average molecular weight is 311 g/mol. The first kappa shape index (κ1) is 16.4. The van der Waals surface area contributed by atoms with Crippen LogP contribution in [0.3, 0.4) is 0 Å². The number of aliphatic carboxylic acids is 1. The Bertz CT molecular complexity index is 501. The summed E-state index contributed by atoms with van der Waals surface area (Å²) in [6.07, 6.45) is 0.770. The summed E-state index contributed by atoms with van der Waals surface area (Å²) in [6.45, 7) is 2.12. The summed E-state index contributed by atoms with van der Waals surface area (Å²) in [6, 6.07) is 1.75. The van der Waals surface area contributed by atoms with E-state index in [9.17, 15) is 9.90 Å². The van der Waals surface area contributed by atoms with Gasteiger partial charge in [-0.1, -0.05) is 0 Å². The molecular weight excluding hydrogens is 290 g/mol. The van der Waals surface area contributed by atoms with Gasteiger partial charge in [-0.05, 0) is 0 Å². The van der Waals surface area contributed by atoms with E-state index < -0.39 is 12.1 Å². The zero-order valence-corrected chi connectivity index (χ0v) is 12.2. The number of anilines is 2. The van der Waals surface area contributed by atoms with Crippen LogP contribution in [-0.2, 0) is 4.79 Å². The van der Waals surface area contributed by atoms with E-state index in [1.165, 1.54) is 6.33 Å². The third kappa shape index (κ3) is 4.79. The standard InChI is InChI=1S/C13H21N5O4/c19-4-1-14-11-5-12(16-9-15-11)18-3-2-17(8-13(21)22)6-10(20)7-18/h5,9-10,19-20H,1-4,6-8H2,(H,21,22)(H,14,15,16)/t10-/m0/s1. The van der Waals surface area contributed by atoms with Crippen LogP contribution in [0.2, 0.25) is 0 Å². The zero-order valence-electron chi connectivity index (χ0n) is 12.2. The number of β-amino-alcohol motifs (C(OH)–C–C–N with tert-alkyl or cyclic N) is 1. The number of nitrogens with one attached hydrogen (secondary N) is 1. The lowest BCUT2D eigenvalue weighted by atomic mass is 10.3. The quantitative estimate of drug-likeness (QED) is 0.494. The summed E-state index contributed by atoms with van der Waals surface area (Å²) in [7, 11) is 0. The lowest BCUT2D eigenvalue weighted by Gasteiger charge is -2.23. The third-order valence-corrected chi connectivity index (χ3v) is 3.34. The van der Waals surface area contributed by atoms with Gasteiger partial charge in [0.2, 0.25) is 0 Å². The molecule has 0 radical (unpaired) electrons. The van der Waals surface area contributed by atoms with E-state index in [4.69, 9.17) is 10.2 Å². The van der Waals surface area contributed by atoms with Crippen molar-refractivity contribution in [1.82, 2.24) is 14.9 Å². The van der Waals surface area contributed by atoms with Crippen molar-refractivity contribution in [1.29, 1.82) is 0 Å².